The summed E-state index contributed by atoms with van der Waals surface area (Å²) in [5.41, 5.74) is 6.55. The highest BCUT2D eigenvalue weighted by Gasteiger charge is 2.34. The van der Waals surface area contributed by atoms with E-state index in [2.05, 4.69) is 0 Å². The second kappa shape index (κ2) is 7.21. The molecular weight excluding hydrogens is 326 g/mol. The second-order valence-corrected chi connectivity index (χ2v) is 8.91. The van der Waals surface area contributed by atoms with Crippen LogP contribution in [-0.2, 0) is 14.8 Å². The highest BCUT2D eigenvalue weighted by molar-refractivity contribution is 7.89. The van der Waals surface area contributed by atoms with Crippen LogP contribution in [0.3, 0.4) is 0 Å². The normalized spacial score (nSPS) is 22.8. The lowest BCUT2D eigenvalue weighted by Gasteiger charge is -2.25. The summed E-state index contributed by atoms with van der Waals surface area (Å²) in [6, 6.07) is 6.76. The van der Waals surface area contributed by atoms with Crippen molar-refractivity contribution in [3.8, 4) is 0 Å². The van der Waals surface area contributed by atoms with Gasteiger partial charge < -0.3 is 10.6 Å². The minimum Gasteiger partial charge on any atom is -0.339 e. The summed E-state index contributed by atoms with van der Waals surface area (Å²) in [6.07, 6.45) is 0.939. The molecule has 3 unspecified atom stereocenters. The molecule has 7 heteroatoms. The lowest BCUT2D eigenvalue weighted by atomic mass is 9.99. The average Bonchev–Trinajstić information content (AvgIpc) is 2.94. The van der Waals surface area contributed by atoms with Crippen LogP contribution in [0.2, 0.25) is 0 Å². The van der Waals surface area contributed by atoms with Crippen molar-refractivity contribution in [2.75, 3.05) is 27.2 Å². The number of rotatable bonds is 5. The largest absolute Gasteiger partial charge is 0.339 e. The Labute approximate surface area is 144 Å². The molecule has 1 aromatic rings. The first-order valence-electron chi connectivity index (χ1n) is 8.21. The Morgan fingerprint density at radius 2 is 1.92 bits per heavy atom. The smallest absolute Gasteiger partial charge is 0.242 e. The van der Waals surface area contributed by atoms with Crippen LogP contribution < -0.4 is 5.73 Å². The molecule has 0 spiro atoms. The minimum absolute atomic E-state index is 0.0710. The molecule has 3 atom stereocenters. The maximum atomic E-state index is 12.8. The van der Waals surface area contributed by atoms with E-state index in [0.29, 0.717) is 19.0 Å². The molecule has 6 nitrogen and oxygen atoms in total. The van der Waals surface area contributed by atoms with Gasteiger partial charge in [0.2, 0.25) is 15.9 Å². The zero-order valence-electron chi connectivity index (χ0n) is 14.8. The van der Waals surface area contributed by atoms with Gasteiger partial charge in [0, 0.05) is 26.7 Å². The molecule has 0 aromatic heterocycles. The van der Waals surface area contributed by atoms with Crippen molar-refractivity contribution in [3.63, 3.8) is 0 Å². The molecule has 24 heavy (non-hydrogen) atoms. The molecule has 1 saturated heterocycles. The number of amides is 1. The molecule has 0 aliphatic carbocycles. The Balaban J connectivity index is 2.16. The van der Waals surface area contributed by atoms with Crippen molar-refractivity contribution in [3.05, 3.63) is 29.8 Å². The Morgan fingerprint density at radius 3 is 2.38 bits per heavy atom. The van der Waals surface area contributed by atoms with Gasteiger partial charge in [-0.1, -0.05) is 12.1 Å². The number of hydrogen-bond donors (Lipinski definition) is 1. The topological polar surface area (TPSA) is 83.7 Å². The van der Waals surface area contributed by atoms with E-state index in [4.69, 9.17) is 5.73 Å². The Kier molecular flexibility index (Phi) is 5.67. The average molecular weight is 353 g/mol. The SMILES string of the molecule is CC(C(=O)N1CC(CN)CC1C)c1ccc(S(=O)(=O)N(C)C)cc1. The zero-order valence-corrected chi connectivity index (χ0v) is 15.6. The lowest BCUT2D eigenvalue weighted by Crippen LogP contribution is -2.37. The third kappa shape index (κ3) is 3.63. The molecule has 1 fully saturated rings. The lowest BCUT2D eigenvalue weighted by molar-refractivity contribution is -0.133. The Bertz CT molecular complexity index is 686. The van der Waals surface area contributed by atoms with E-state index in [9.17, 15) is 13.2 Å². The molecule has 0 saturated carbocycles. The number of carbonyl (C=O) groups is 1. The molecule has 0 radical (unpaired) electrons. The van der Waals surface area contributed by atoms with Gasteiger partial charge in [0.25, 0.3) is 0 Å². The molecule has 2 rings (SSSR count). The van der Waals surface area contributed by atoms with Crippen molar-refractivity contribution < 1.29 is 13.2 Å². The van der Waals surface area contributed by atoms with Crippen LogP contribution in [-0.4, -0.2) is 56.8 Å². The van der Waals surface area contributed by atoms with Gasteiger partial charge in [0.05, 0.1) is 10.8 Å². The third-order valence-corrected chi connectivity index (χ3v) is 6.64. The van der Waals surface area contributed by atoms with Gasteiger partial charge in [-0.05, 0) is 50.4 Å². The number of nitrogens with zero attached hydrogens (tertiary/aromatic N) is 2. The summed E-state index contributed by atoms with van der Waals surface area (Å²) in [4.78, 5) is 14.9. The van der Waals surface area contributed by atoms with Crippen molar-refractivity contribution in [1.82, 2.24) is 9.21 Å². The van der Waals surface area contributed by atoms with Crippen molar-refractivity contribution in [2.45, 2.75) is 37.1 Å². The van der Waals surface area contributed by atoms with Crippen LogP contribution in [0.1, 0.15) is 31.7 Å². The van der Waals surface area contributed by atoms with Crippen molar-refractivity contribution >= 4 is 15.9 Å². The molecule has 0 bridgehead atoms. The fraction of sp³-hybridized carbons (Fsp3) is 0.588. The Morgan fingerprint density at radius 1 is 1.33 bits per heavy atom. The highest BCUT2D eigenvalue weighted by atomic mass is 32.2. The third-order valence-electron chi connectivity index (χ3n) is 4.81. The predicted molar refractivity (Wildman–Crippen MR) is 94.1 cm³/mol. The van der Waals surface area contributed by atoms with Crippen LogP contribution >= 0.6 is 0 Å². The number of nitrogens with two attached hydrogens (primary N) is 1. The number of benzene rings is 1. The standard InChI is InChI=1S/C17H27N3O3S/c1-12-9-14(10-18)11-20(12)17(21)13(2)15-5-7-16(8-6-15)24(22,23)19(3)4/h5-8,12-14H,9-11,18H2,1-4H3. The summed E-state index contributed by atoms with van der Waals surface area (Å²) in [6.45, 7) is 5.21. The van der Waals surface area contributed by atoms with Crippen LogP contribution in [0.5, 0.6) is 0 Å². The van der Waals surface area contributed by atoms with Crippen LogP contribution in [0, 0.1) is 5.92 Å². The van der Waals surface area contributed by atoms with Gasteiger partial charge in [-0.2, -0.15) is 0 Å². The molecule has 1 aromatic carbocycles. The maximum Gasteiger partial charge on any atom is 0.242 e. The molecule has 1 amide bonds. The van der Waals surface area contributed by atoms with Gasteiger partial charge in [-0.3, -0.25) is 4.79 Å². The molecule has 134 valence electrons. The van der Waals surface area contributed by atoms with Gasteiger partial charge in [-0.25, -0.2) is 12.7 Å². The van der Waals surface area contributed by atoms with Gasteiger partial charge >= 0.3 is 0 Å². The van der Waals surface area contributed by atoms with E-state index in [1.807, 2.05) is 18.7 Å². The van der Waals surface area contributed by atoms with E-state index in [1.54, 1.807) is 24.3 Å². The summed E-state index contributed by atoms with van der Waals surface area (Å²) in [5.74, 6) is 0.130. The predicted octanol–water partition coefficient (Wildman–Crippen LogP) is 1.24. The number of hydrogen-bond acceptors (Lipinski definition) is 4. The first-order valence-corrected chi connectivity index (χ1v) is 9.65. The van der Waals surface area contributed by atoms with E-state index in [0.717, 1.165) is 12.0 Å². The second-order valence-electron chi connectivity index (χ2n) is 6.76. The Hall–Kier alpha value is -1.44. The first kappa shape index (κ1) is 18.9. The van der Waals surface area contributed by atoms with Gasteiger partial charge in [0.15, 0.2) is 0 Å². The van der Waals surface area contributed by atoms with Crippen LogP contribution in [0.15, 0.2) is 29.2 Å². The molecular formula is C17H27N3O3S. The van der Waals surface area contributed by atoms with E-state index in [-0.39, 0.29) is 22.8 Å². The van der Waals surface area contributed by atoms with Crippen LogP contribution in [0.4, 0.5) is 0 Å². The summed E-state index contributed by atoms with van der Waals surface area (Å²) in [7, 11) is -0.455. The monoisotopic (exact) mass is 353 g/mol. The molecule has 1 aliphatic rings. The van der Waals surface area contributed by atoms with Crippen molar-refractivity contribution in [1.29, 1.82) is 0 Å². The number of carbonyl (C=O) groups excluding carboxylic acids is 1. The van der Waals surface area contributed by atoms with E-state index >= 15 is 0 Å². The van der Waals surface area contributed by atoms with Gasteiger partial charge in [0.1, 0.15) is 0 Å². The van der Waals surface area contributed by atoms with E-state index < -0.39 is 10.0 Å². The zero-order chi connectivity index (χ0) is 18.1. The fourth-order valence-electron chi connectivity index (χ4n) is 3.15. The molecule has 1 heterocycles. The summed E-state index contributed by atoms with van der Waals surface area (Å²) < 4.78 is 25.4. The quantitative estimate of drug-likeness (QED) is 0.863. The fourth-order valence-corrected chi connectivity index (χ4v) is 4.05. The number of sulfonamides is 1. The molecule has 1 aliphatic heterocycles. The maximum absolute atomic E-state index is 12.8. The molecule has 2 N–H and O–H groups in total. The van der Waals surface area contributed by atoms with Crippen molar-refractivity contribution in [2.24, 2.45) is 11.7 Å². The van der Waals surface area contributed by atoms with E-state index in [1.165, 1.54) is 18.4 Å². The van der Waals surface area contributed by atoms with Gasteiger partial charge in [-0.15, -0.1) is 0 Å². The summed E-state index contributed by atoms with van der Waals surface area (Å²) in [5, 5.41) is 0. The van der Waals surface area contributed by atoms with Crippen LogP contribution in [0.25, 0.3) is 0 Å². The highest BCUT2D eigenvalue weighted by Crippen LogP contribution is 2.28. The number of likely N-dealkylation sites (tertiary alicyclic amines) is 1. The summed E-state index contributed by atoms with van der Waals surface area (Å²) >= 11 is 0. The first-order chi connectivity index (χ1) is 11.2. The minimum atomic E-state index is -3.45.